The summed E-state index contributed by atoms with van der Waals surface area (Å²) in [5.41, 5.74) is -1.18. The molecule has 0 radical (unpaired) electrons. The Balaban J connectivity index is 2.50. The SMILES string of the molecule is Cc1cccc([N+](=O)[O-])c1S(=O)(=O)N1CC(C)(O)C1. The second-order valence-corrected chi connectivity index (χ2v) is 6.83. The Kier molecular flexibility index (Phi) is 3.12. The molecule has 104 valence electrons. The molecule has 0 bridgehead atoms. The topological polar surface area (TPSA) is 101 Å². The van der Waals surface area contributed by atoms with E-state index in [9.17, 15) is 23.6 Å². The van der Waals surface area contributed by atoms with E-state index in [1.165, 1.54) is 26.0 Å². The first-order valence-electron chi connectivity index (χ1n) is 5.62. The molecule has 0 saturated carbocycles. The van der Waals surface area contributed by atoms with Gasteiger partial charge in [-0.2, -0.15) is 4.31 Å². The molecular formula is C11H14N2O5S. The number of aliphatic hydroxyl groups is 1. The maximum absolute atomic E-state index is 12.4. The highest BCUT2D eigenvalue weighted by atomic mass is 32.2. The monoisotopic (exact) mass is 286 g/mol. The van der Waals surface area contributed by atoms with Crippen LogP contribution in [-0.2, 0) is 10.0 Å². The number of nitrogens with zero attached hydrogens (tertiary/aromatic N) is 2. The maximum atomic E-state index is 12.4. The molecule has 1 aliphatic heterocycles. The van der Waals surface area contributed by atoms with Gasteiger partial charge < -0.3 is 5.11 Å². The Morgan fingerprint density at radius 1 is 1.42 bits per heavy atom. The van der Waals surface area contributed by atoms with Crippen molar-refractivity contribution >= 4 is 15.7 Å². The van der Waals surface area contributed by atoms with Crippen molar-refractivity contribution in [3.05, 3.63) is 33.9 Å². The molecular weight excluding hydrogens is 272 g/mol. The van der Waals surface area contributed by atoms with Crippen molar-refractivity contribution < 1.29 is 18.4 Å². The van der Waals surface area contributed by atoms with E-state index >= 15 is 0 Å². The van der Waals surface area contributed by atoms with E-state index in [0.717, 1.165) is 10.4 Å². The smallest absolute Gasteiger partial charge is 0.289 e. The Morgan fingerprint density at radius 2 is 2.00 bits per heavy atom. The molecule has 0 unspecified atom stereocenters. The molecule has 1 aromatic carbocycles. The molecule has 1 N–H and O–H groups in total. The first kappa shape index (κ1) is 13.9. The number of hydrogen-bond donors (Lipinski definition) is 1. The Morgan fingerprint density at radius 3 is 2.47 bits per heavy atom. The fourth-order valence-corrected chi connectivity index (χ4v) is 4.17. The largest absolute Gasteiger partial charge is 0.387 e. The second-order valence-electron chi connectivity index (χ2n) is 4.95. The number of hydrogen-bond acceptors (Lipinski definition) is 5. The first-order chi connectivity index (χ1) is 8.65. The predicted octanol–water partition coefficient (Wildman–Crippen LogP) is 0.659. The summed E-state index contributed by atoms with van der Waals surface area (Å²) in [6.07, 6.45) is 0. The fraction of sp³-hybridized carbons (Fsp3) is 0.455. The molecule has 0 amide bonds. The average Bonchev–Trinajstić information content (AvgIpc) is 2.24. The summed E-state index contributed by atoms with van der Waals surface area (Å²) < 4.78 is 25.8. The van der Waals surface area contributed by atoms with Gasteiger partial charge in [-0.3, -0.25) is 10.1 Å². The maximum Gasteiger partial charge on any atom is 0.289 e. The van der Waals surface area contributed by atoms with Gasteiger partial charge in [0.25, 0.3) is 5.69 Å². The van der Waals surface area contributed by atoms with Crippen molar-refractivity contribution in [3.63, 3.8) is 0 Å². The van der Waals surface area contributed by atoms with Gasteiger partial charge in [0, 0.05) is 19.2 Å². The second kappa shape index (κ2) is 4.26. The lowest BCUT2D eigenvalue weighted by molar-refractivity contribution is -0.388. The summed E-state index contributed by atoms with van der Waals surface area (Å²) in [6, 6.07) is 4.12. The van der Waals surface area contributed by atoms with Gasteiger partial charge in [-0.05, 0) is 19.4 Å². The van der Waals surface area contributed by atoms with Crippen LogP contribution in [0.15, 0.2) is 23.1 Å². The van der Waals surface area contributed by atoms with Gasteiger partial charge in [-0.25, -0.2) is 8.42 Å². The third-order valence-corrected chi connectivity index (χ3v) is 5.00. The van der Waals surface area contributed by atoms with E-state index in [1.807, 2.05) is 0 Å². The quantitative estimate of drug-likeness (QED) is 0.649. The lowest BCUT2D eigenvalue weighted by Gasteiger charge is -2.42. The molecule has 1 fully saturated rings. The van der Waals surface area contributed by atoms with Crippen molar-refractivity contribution in [3.8, 4) is 0 Å². The minimum Gasteiger partial charge on any atom is -0.387 e. The molecule has 0 aromatic heterocycles. The zero-order valence-electron chi connectivity index (χ0n) is 10.5. The van der Waals surface area contributed by atoms with Crippen molar-refractivity contribution in [2.24, 2.45) is 0 Å². The molecule has 0 aliphatic carbocycles. The highest BCUT2D eigenvalue weighted by Gasteiger charge is 2.46. The van der Waals surface area contributed by atoms with E-state index in [0.29, 0.717) is 5.56 Å². The van der Waals surface area contributed by atoms with Crippen molar-refractivity contribution in [2.45, 2.75) is 24.3 Å². The van der Waals surface area contributed by atoms with Gasteiger partial charge in [0.1, 0.15) is 0 Å². The number of sulfonamides is 1. The van der Waals surface area contributed by atoms with Gasteiger partial charge in [-0.15, -0.1) is 0 Å². The lowest BCUT2D eigenvalue weighted by Crippen LogP contribution is -2.61. The van der Waals surface area contributed by atoms with Crippen LogP contribution in [0.25, 0.3) is 0 Å². The molecule has 19 heavy (non-hydrogen) atoms. The van der Waals surface area contributed by atoms with E-state index in [-0.39, 0.29) is 18.0 Å². The zero-order chi connectivity index (χ0) is 14.4. The average molecular weight is 286 g/mol. The van der Waals surface area contributed by atoms with Crippen molar-refractivity contribution in [2.75, 3.05) is 13.1 Å². The van der Waals surface area contributed by atoms with E-state index in [2.05, 4.69) is 0 Å². The normalized spacial score (nSPS) is 18.9. The minimum absolute atomic E-state index is 0.0547. The Bertz CT molecular complexity index is 630. The lowest BCUT2D eigenvalue weighted by atomic mass is 10.0. The van der Waals surface area contributed by atoms with Crippen LogP contribution in [-0.4, -0.2) is 41.4 Å². The molecule has 1 aromatic rings. The van der Waals surface area contributed by atoms with Gasteiger partial charge >= 0.3 is 0 Å². The summed E-state index contributed by atoms with van der Waals surface area (Å²) in [5.74, 6) is 0. The summed E-state index contributed by atoms with van der Waals surface area (Å²) in [7, 11) is -3.95. The van der Waals surface area contributed by atoms with Crippen LogP contribution in [0.3, 0.4) is 0 Å². The summed E-state index contributed by atoms with van der Waals surface area (Å²) in [4.78, 5) is 9.94. The number of benzene rings is 1. The van der Waals surface area contributed by atoms with E-state index in [4.69, 9.17) is 0 Å². The number of aryl methyl sites for hydroxylation is 1. The molecule has 1 aliphatic rings. The Labute approximate surface area is 110 Å². The third kappa shape index (κ3) is 2.34. The van der Waals surface area contributed by atoms with Crippen LogP contribution in [0.4, 0.5) is 5.69 Å². The number of β-amino-alcohol motifs (C(OH)–C–C–N with tert-alkyl or cyclic N) is 1. The summed E-state index contributed by atoms with van der Waals surface area (Å²) in [5, 5.41) is 20.6. The molecule has 1 heterocycles. The van der Waals surface area contributed by atoms with Crippen molar-refractivity contribution in [1.82, 2.24) is 4.31 Å². The van der Waals surface area contributed by atoms with E-state index < -0.39 is 26.2 Å². The Hall–Kier alpha value is -1.51. The number of rotatable bonds is 3. The molecule has 2 rings (SSSR count). The van der Waals surface area contributed by atoms with Crippen molar-refractivity contribution in [1.29, 1.82) is 0 Å². The predicted molar refractivity (Wildman–Crippen MR) is 67.2 cm³/mol. The van der Waals surface area contributed by atoms with Crippen LogP contribution in [0.2, 0.25) is 0 Å². The van der Waals surface area contributed by atoms with Crippen LogP contribution in [0.1, 0.15) is 12.5 Å². The standard InChI is InChI=1S/C11H14N2O5S/c1-8-4-3-5-9(13(15)16)10(8)19(17,18)12-6-11(2,14)7-12/h3-5,14H,6-7H2,1-2H3. The highest BCUT2D eigenvalue weighted by Crippen LogP contribution is 2.34. The summed E-state index contributed by atoms with van der Waals surface area (Å²) >= 11 is 0. The van der Waals surface area contributed by atoms with E-state index in [1.54, 1.807) is 0 Å². The third-order valence-electron chi connectivity index (χ3n) is 3.02. The molecule has 1 saturated heterocycles. The van der Waals surface area contributed by atoms with Crippen LogP contribution in [0, 0.1) is 17.0 Å². The fourth-order valence-electron chi connectivity index (χ4n) is 2.13. The van der Waals surface area contributed by atoms with Gasteiger partial charge in [0.2, 0.25) is 10.0 Å². The molecule has 7 nitrogen and oxygen atoms in total. The number of nitro groups is 1. The van der Waals surface area contributed by atoms with Gasteiger partial charge in [0.05, 0.1) is 10.5 Å². The first-order valence-corrected chi connectivity index (χ1v) is 7.06. The molecule has 0 atom stereocenters. The van der Waals surface area contributed by atoms with Gasteiger partial charge in [0.15, 0.2) is 4.90 Å². The van der Waals surface area contributed by atoms with Crippen LogP contribution >= 0.6 is 0 Å². The summed E-state index contributed by atoms with van der Waals surface area (Å²) in [6.45, 7) is 2.92. The van der Waals surface area contributed by atoms with Crippen LogP contribution < -0.4 is 0 Å². The minimum atomic E-state index is -3.95. The molecule has 8 heteroatoms. The van der Waals surface area contributed by atoms with Crippen LogP contribution in [0.5, 0.6) is 0 Å². The highest BCUT2D eigenvalue weighted by molar-refractivity contribution is 7.89. The molecule has 0 spiro atoms. The van der Waals surface area contributed by atoms with Gasteiger partial charge in [-0.1, -0.05) is 12.1 Å². The zero-order valence-corrected chi connectivity index (χ0v) is 11.3. The number of nitro benzene ring substituents is 1.